The Balaban J connectivity index is 2.72. The second-order valence-electron chi connectivity index (χ2n) is 3.44. The van der Waals surface area contributed by atoms with Gasteiger partial charge in [-0.15, -0.1) is 0 Å². The number of nitrogens with zero attached hydrogens (tertiary/aromatic N) is 1. The van der Waals surface area contributed by atoms with Crippen LogP contribution in [-0.4, -0.2) is 27.3 Å². The topological polar surface area (TPSA) is 83.6 Å². The Morgan fingerprint density at radius 3 is 2.31 bits per heavy atom. The number of non-ortho nitro benzene ring substituents is 1. The van der Waals surface area contributed by atoms with Crippen LogP contribution in [-0.2, 0) is 0 Å². The maximum absolute atomic E-state index is 10.4. The fourth-order valence-electron chi connectivity index (χ4n) is 1.08. The lowest BCUT2D eigenvalue weighted by atomic mass is 10.1. The zero-order valence-electron chi connectivity index (χ0n) is 8.78. The summed E-state index contributed by atoms with van der Waals surface area (Å²) < 4.78 is 0. The summed E-state index contributed by atoms with van der Waals surface area (Å²) in [5.74, 6) is 0. The molecule has 1 aromatic rings. The van der Waals surface area contributed by atoms with Crippen LogP contribution in [0.5, 0.6) is 0 Å². The second kappa shape index (κ2) is 5.39. The van der Waals surface area contributed by atoms with Gasteiger partial charge in [-0.25, -0.2) is 0 Å². The van der Waals surface area contributed by atoms with E-state index in [0.717, 1.165) is 5.56 Å². The molecule has 1 aromatic carbocycles. The molecule has 1 rings (SSSR count). The number of aliphatic hydroxyl groups is 2. The standard InChI is InChI=1S/C11H13NO4/c1-8(13)11(14)7-4-9-2-5-10(6-3-9)12(15)16/h2-8,11,13-14H,1H3/b7-4+. The van der Waals surface area contributed by atoms with Gasteiger partial charge < -0.3 is 10.2 Å². The first-order valence-electron chi connectivity index (χ1n) is 4.79. The summed E-state index contributed by atoms with van der Waals surface area (Å²) in [5.41, 5.74) is 0.749. The van der Waals surface area contributed by atoms with E-state index in [0.29, 0.717) is 0 Å². The van der Waals surface area contributed by atoms with Crippen molar-refractivity contribution in [1.29, 1.82) is 0 Å². The number of nitro benzene ring substituents is 1. The predicted molar refractivity (Wildman–Crippen MR) is 59.8 cm³/mol. The fraction of sp³-hybridized carbons (Fsp3) is 0.273. The van der Waals surface area contributed by atoms with Gasteiger partial charge in [0, 0.05) is 12.1 Å². The summed E-state index contributed by atoms with van der Waals surface area (Å²) in [7, 11) is 0. The number of benzene rings is 1. The largest absolute Gasteiger partial charge is 0.390 e. The summed E-state index contributed by atoms with van der Waals surface area (Å²) >= 11 is 0. The van der Waals surface area contributed by atoms with Crippen molar-refractivity contribution in [2.45, 2.75) is 19.1 Å². The quantitative estimate of drug-likeness (QED) is 0.596. The third-order valence-electron chi connectivity index (χ3n) is 2.08. The molecule has 2 N–H and O–H groups in total. The van der Waals surface area contributed by atoms with E-state index in [4.69, 9.17) is 5.11 Å². The molecular formula is C11H13NO4. The van der Waals surface area contributed by atoms with Crippen LogP contribution in [0.4, 0.5) is 5.69 Å². The second-order valence-corrected chi connectivity index (χ2v) is 3.44. The zero-order valence-corrected chi connectivity index (χ0v) is 8.78. The summed E-state index contributed by atoms with van der Waals surface area (Å²) in [5, 5.41) is 28.7. The highest BCUT2D eigenvalue weighted by atomic mass is 16.6. The van der Waals surface area contributed by atoms with Gasteiger partial charge in [0.25, 0.3) is 5.69 Å². The lowest BCUT2D eigenvalue weighted by Crippen LogP contribution is -2.19. The lowest BCUT2D eigenvalue weighted by molar-refractivity contribution is -0.384. The molecule has 0 aliphatic heterocycles. The first kappa shape index (κ1) is 12.4. The van der Waals surface area contributed by atoms with Gasteiger partial charge in [0.05, 0.1) is 17.1 Å². The van der Waals surface area contributed by atoms with E-state index in [2.05, 4.69) is 0 Å². The Morgan fingerprint density at radius 2 is 1.88 bits per heavy atom. The molecule has 16 heavy (non-hydrogen) atoms. The van der Waals surface area contributed by atoms with E-state index in [1.807, 2.05) is 0 Å². The van der Waals surface area contributed by atoms with Gasteiger partial charge in [-0.3, -0.25) is 10.1 Å². The first-order valence-corrected chi connectivity index (χ1v) is 4.79. The van der Waals surface area contributed by atoms with Crippen LogP contribution in [0.2, 0.25) is 0 Å². The molecule has 0 aliphatic rings. The van der Waals surface area contributed by atoms with Crippen LogP contribution < -0.4 is 0 Å². The van der Waals surface area contributed by atoms with Crippen molar-refractivity contribution < 1.29 is 15.1 Å². The van der Waals surface area contributed by atoms with Crippen molar-refractivity contribution >= 4 is 11.8 Å². The minimum Gasteiger partial charge on any atom is -0.390 e. The Kier molecular flexibility index (Phi) is 4.16. The normalized spacial score (nSPS) is 14.9. The lowest BCUT2D eigenvalue weighted by Gasteiger charge is -2.07. The monoisotopic (exact) mass is 223 g/mol. The van der Waals surface area contributed by atoms with E-state index < -0.39 is 17.1 Å². The third kappa shape index (κ3) is 3.45. The highest BCUT2D eigenvalue weighted by molar-refractivity contribution is 5.52. The number of nitro groups is 1. The molecule has 2 atom stereocenters. The van der Waals surface area contributed by atoms with Crippen LogP contribution in [0.3, 0.4) is 0 Å². The van der Waals surface area contributed by atoms with Gasteiger partial charge in [-0.2, -0.15) is 0 Å². The number of hydrogen-bond acceptors (Lipinski definition) is 4. The molecule has 0 spiro atoms. The molecule has 0 amide bonds. The van der Waals surface area contributed by atoms with Crippen molar-refractivity contribution in [2.75, 3.05) is 0 Å². The van der Waals surface area contributed by atoms with Gasteiger partial charge >= 0.3 is 0 Å². The molecule has 86 valence electrons. The van der Waals surface area contributed by atoms with Crippen LogP contribution in [0.15, 0.2) is 30.3 Å². The molecule has 0 saturated carbocycles. The Hall–Kier alpha value is -1.72. The highest BCUT2D eigenvalue weighted by Gasteiger charge is 2.06. The summed E-state index contributed by atoms with van der Waals surface area (Å²) in [6.07, 6.45) is 1.26. The van der Waals surface area contributed by atoms with E-state index >= 15 is 0 Å². The summed E-state index contributed by atoms with van der Waals surface area (Å²) in [6.45, 7) is 1.48. The maximum Gasteiger partial charge on any atom is 0.269 e. The van der Waals surface area contributed by atoms with Gasteiger partial charge in [-0.05, 0) is 24.6 Å². The van der Waals surface area contributed by atoms with Crippen molar-refractivity contribution in [3.63, 3.8) is 0 Å². The van der Waals surface area contributed by atoms with Crippen LogP contribution >= 0.6 is 0 Å². The number of hydrogen-bond donors (Lipinski definition) is 2. The number of rotatable bonds is 4. The minimum absolute atomic E-state index is 0.0215. The SMILES string of the molecule is CC(O)C(O)/C=C/c1ccc([N+](=O)[O-])cc1. The predicted octanol–water partition coefficient (Wildman–Crippen LogP) is 1.35. The molecule has 2 unspecified atom stereocenters. The molecule has 5 heteroatoms. The smallest absolute Gasteiger partial charge is 0.269 e. The Morgan fingerprint density at radius 1 is 1.31 bits per heavy atom. The highest BCUT2D eigenvalue weighted by Crippen LogP contribution is 2.13. The van der Waals surface area contributed by atoms with Gasteiger partial charge in [0.2, 0.25) is 0 Å². The minimum atomic E-state index is -0.935. The van der Waals surface area contributed by atoms with Crippen molar-refractivity contribution in [3.8, 4) is 0 Å². The van der Waals surface area contributed by atoms with Gasteiger partial charge in [0.1, 0.15) is 0 Å². The molecular weight excluding hydrogens is 210 g/mol. The van der Waals surface area contributed by atoms with Gasteiger partial charge in [-0.1, -0.05) is 12.2 Å². The third-order valence-corrected chi connectivity index (χ3v) is 2.08. The number of aliphatic hydroxyl groups excluding tert-OH is 2. The van der Waals surface area contributed by atoms with Crippen LogP contribution in [0, 0.1) is 10.1 Å². The van der Waals surface area contributed by atoms with Crippen molar-refractivity contribution in [1.82, 2.24) is 0 Å². The molecule has 0 radical (unpaired) electrons. The molecule has 0 aliphatic carbocycles. The van der Waals surface area contributed by atoms with Gasteiger partial charge in [0.15, 0.2) is 0 Å². The average Bonchev–Trinajstić information content (AvgIpc) is 2.26. The molecule has 0 bridgehead atoms. The zero-order chi connectivity index (χ0) is 12.1. The van der Waals surface area contributed by atoms with Crippen LogP contribution in [0.25, 0.3) is 6.08 Å². The fourth-order valence-corrected chi connectivity index (χ4v) is 1.08. The molecule has 5 nitrogen and oxygen atoms in total. The maximum atomic E-state index is 10.4. The van der Waals surface area contributed by atoms with E-state index in [-0.39, 0.29) is 5.69 Å². The van der Waals surface area contributed by atoms with Crippen molar-refractivity contribution in [3.05, 3.63) is 46.0 Å². The van der Waals surface area contributed by atoms with E-state index in [1.54, 1.807) is 18.2 Å². The summed E-state index contributed by atoms with van der Waals surface area (Å²) in [4.78, 5) is 9.91. The Labute approximate surface area is 92.8 Å². The summed E-state index contributed by atoms with van der Waals surface area (Å²) in [6, 6.07) is 5.91. The Bertz CT molecular complexity index is 383. The van der Waals surface area contributed by atoms with Crippen LogP contribution in [0.1, 0.15) is 12.5 Å². The molecule has 0 fully saturated rings. The van der Waals surface area contributed by atoms with Crippen molar-refractivity contribution in [2.24, 2.45) is 0 Å². The molecule has 0 aromatic heterocycles. The molecule has 0 saturated heterocycles. The molecule has 0 heterocycles. The van der Waals surface area contributed by atoms with E-state index in [9.17, 15) is 15.2 Å². The average molecular weight is 223 g/mol. The van der Waals surface area contributed by atoms with E-state index in [1.165, 1.54) is 25.1 Å². The first-order chi connectivity index (χ1) is 7.50.